The maximum atomic E-state index is 9.99. The zero-order chi connectivity index (χ0) is 48.8. The van der Waals surface area contributed by atoms with Gasteiger partial charge in [0, 0.05) is 37.0 Å². The molecule has 14 rings (SSSR count). The zero-order valence-electron chi connectivity index (χ0n) is 41.1. The quantitative estimate of drug-likeness (QED) is 0.147. The zero-order valence-corrected chi connectivity index (χ0v) is 40.9. The number of nitrogens with zero attached hydrogens (tertiary/aromatic N) is 1. The first-order valence-corrected chi connectivity index (χ1v) is 25.8. The molecule has 0 bridgehead atoms. The number of anilines is 3. The Morgan fingerprint density at radius 2 is 0.917 bits per heavy atom. The first-order chi connectivity index (χ1) is 35.9. The van der Waals surface area contributed by atoms with Crippen LogP contribution in [0, 0.1) is 0 Å². The molecule has 2 heteroatoms. The highest BCUT2D eigenvalue weighted by atomic mass is 32.1. The highest BCUT2D eigenvalue weighted by Crippen LogP contribution is 2.59. The van der Waals surface area contributed by atoms with Gasteiger partial charge in [-0.05, 0) is 138 Å². The van der Waals surface area contributed by atoms with Gasteiger partial charge in [-0.25, -0.2) is 0 Å². The molecule has 0 aliphatic heterocycles. The number of hydrogen-bond acceptors (Lipinski definition) is 2. The summed E-state index contributed by atoms with van der Waals surface area (Å²) < 4.78 is 12.1. The fourth-order valence-electron chi connectivity index (χ4n) is 12.4. The molecule has 11 aromatic carbocycles. The molecule has 2 aliphatic carbocycles. The van der Waals surface area contributed by atoms with Crippen molar-refractivity contribution in [3.63, 3.8) is 0 Å². The minimum Gasteiger partial charge on any atom is -0.310 e. The molecule has 1 unspecified atom stereocenters. The molecular formula is C70H49NS. The van der Waals surface area contributed by atoms with Gasteiger partial charge in [-0.1, -0.05) is 226 Å². The van der Waals surface area contributed by atoms with Crippen molar-refractivity contribution in [3.8, 4) is 55.6 Å². The Balaban J connectivity index is 1.03. The minimum absolute atomic E-state index is 0.136. The standard InChI is InChI=1S/C70H49NS/c1-69(2)61-32-16-14-31-57(61)60-44-52(38-41-62(60)69)71(65-34-19-35-66-68(65)59-39-36-49(43-67(59)72-66)55-29-13-12-28-54(55)47-22-8-4-9-23-47)53-37-40-58-56-30-15-17-33-63(56)70(64(58)45-53,50-25-10-5-11-26-50)51-27-18-24-48(42-51)46-20-6-3-7-21-46/h3-45H,1-2H3/i43D. The van der Waals surface area contributed by atoms with Crippen molar-refractivity contribution in [2.75, 3.05) is 4.90 Å². The van der Waals surface area contributed by atoms with Crippen molar-refractivity contribution in [3.05, 3.63) is 294 Å². The summed E-state index contributed by atoms with van der Waals surface area (Å²) in [6.45, 7) is 4.71. The summed E-state index contributed by atoms with van der Waals surface area (Å²) in [6.07, 6.45) is 0. The molecule has 340 valence electrons. The van der Waals surface area contributed by atoms with Gasteiger partial charge in [-0.15, -0.1) is 11.3 Å². The Kier molecular flexibility index (Phi) is 9.46. The second kappa shape index (κ2) is 16.5. The fraction of sp³-hybridized carbons (Fsp3) is 0.0571. The average molecular weight is 937 g/mol. The van der Waals surface area contributed by atoms with Gasteiger partial charge >= 0.3 is 0 Å². The monoisotopic (exact) mass is 936 g/mol. The van der Waals surface area contributed by atoms with Crippen molar-refractivity contribution in [2.24, 2.45) is 0 Å². The molecule has 0 saturated carbocycles. The third-order valence-electron chi connectivity index (χ3n) is 15.7. The van der Waals surface area contributed by atoms with Crippen LogP contribution < -0.4 is 4.90 Å². The maximum Gasteiger partial charge on any atom is 0.0714 e. The van der Waals surface area contributed by atoms with E-state index in [0.29, 0.717) is 6.04 Å². The highest BCUT2D eigenvalue weighted by molar-refractivity contribution is 7.26. The van der Waals surface area contributed by atoms with Crippen LogP contribution in [0.3, 0.4) is 0 Å². The van der Waals surface area contributed by atoms with Gasteiger partial charge in [-0.2, -0.15) is 0 Å². The van der Waals surface area contributed by atoms with Crippen LogP contribution in [0.2, 0.25) is 0 Å². The molecular weight excluding hydrogens is 887 g/mol. The van der Waals surface area contributed by atoms with E-state index in [9.17, 15) is 1.37 Å². The van der Waals surface area contributed by atoms with Crippen molar-refractivity contribution in [1.82, 2.24) is 0 Å². The van der Waals surface area contributed by atoms with E-state index in [-0.39, 0.29) is 5.41 Å². The molecule has 12 aromatic rings. The average Bonchev–Trinajstić information content (AvgIpc) is 4.07. The van der Waals surface area contributed by atoms with E-state index in [1.165, 1.54) is 66.8 Å². The Hall–Kier alpha value is -8.56. The number of thiophene rings is 1. The maximum absolute atomic E-state index is 9.99. The fourth-order valence-corrected chi connectivity index (χ4v) is 13.5. The van der Waals surface area contributed by atoms with E-state index in [1.54, 1.807) is 11.3 Å². The summed E-state index contributed by atoms with van der Waals surface area (Å²) >= 11 is 1.72. The molecule has 0 radical (unpaired) electrons. The lowest BCUT2D eigenvalue weighted by atomic mass is 9.67. The summed E-state index contributed by atoms with van der Waals surface area (Å²) in [5, 5.41) is 2.23. The SMILES string of the molecule is [2H]c1c(-c2ccccc2-c2ccccc2)ccc2c1sc1cccc(N(c3ccc4c(c3)-c3ccccc3C4(C)C)c3ccc4c(c3)C(c3ccccc3)(c3cccc(-c5ccccc5)c3)c3ccccc3-4)c12. The van der Waals surface area contributed by atoms with Crippen LogP contribution in [-0.4, -0.2) is 0 Å². The summed E-state index contributed by atoms with van der Waals surface area (Å²) in [7, 11) is 0. The van der Waals surface area contributed by atoms with Crippen molar-refractivity contribution in [2.45, 2.75) is 24.7 Å². The van der Waals surface area contributed by atoms with E-state index < -0.39 is 5.41 Å². The summed E-state index contributed by atoms with van der Waals surface area (Å²) in [6, 6.07) is 94.2. The van der Waals surface area contributed by atoms with Gasteiger partial charge in [0.2, 0.25) is 0 Å². The molecule has 0 saturated heterocycles. The molecule has 2 aliphatic rings. The van der Waals surface area contributed by atoms with E-state index in [0.717, 1.165) is 59.5 Å². The molecule has 0 N–H and O–H groups in total. The van der Waals surface area contributed by atoms with Crippen LogP contribution in [0.5, 0.6) is 0 Å². The normalized spacial score (nSPS) is 15.2. The molecule has 0 fully saturated rings. The van der Waals surface area contributed by atoms with Gasteiger partial charge in [-0.3, -0.25) is 0 Å². The lowest BCUT2D eigenvalue weighted by molar-refractivity contribution is 0.660. The van der Waals surface area contributed by atoms with Crippen LogP contribution in [-0.2, 0) is 10.8 Å². The lowest BCUT2D eigenvalue weighted by Crippen LogP contribution is -2.29. The van der Waals surface area contributed by atoms with Crippen LogP contribution >= 0.6 is 11.3 Å². The summed E-state index contributed by atoms with van der Waals surface area (Å²) in [4.78, 5) is 2.50. The second-order valence-corrected chi connectivity index (χ2v) is 20.9. The smallest absolute Gasteiger partial charge is 0.0714 e. The van der Waals surface area contributed by atoms with Gasteiger partial charge in [0.15, 0.2) is 0 Å². The Labute approximate surface area is 427 Å². The Morgan fingerprint density at radius 1 is 0.361 bits per heavy atom. The van der Waals surface area contributed by atoms with Gasteiger partial charge in [0.05, 0.1) is 12.5 Å². The third kappa shape index (κ3) is 6.39. The molecule has 0 amide bonds. The first kappa shape index (κ1) is 41.2. The molecule has 1 aromatic heterocycles. The second-order valence-electron chi connectivity index (χ2n) is 19.9. The third-order valence-corrected chi connectivity index (χ3v) is 16.7. The number of rotatable bonds is 8. The first-order valence-electron chi connectivity index (χ1n) is 25.5. The van der Waals surface area contributed by atoms with Crippen molar-refractivity contribution in [1.29, 1.82) is 0 Å². The van der Waals surface area contributed by atoms with Crippen LogP contribution in [0.25, 0.3) is 75.8 Å². The summed E-state index contributed by atoms with van der Waals surface area (Å²) in [5.41, 5.74) is 21.8. The van der Waals surface area contributed by atoms with Gasteiger partial charge in [0.1, 0.15) is 0 Å². The molecule has 72 heavy (non-hydrogen) atoms. The van der Waals surface area contributed by atoms with Crippen molar-refractivity contribution >= 4 is 48.6 Å². The Morgan fingerprint density at radius 3 is 1.68 bits per heavy atom. The van der Waals surface area contributed by atoms with Crippen molar-refractivity contribution < 1.29 is 1.37 Å². The predicted molar refractivity (Wildman–Crippen MR) is 305 cm³/mol. The van der Waals surface area contributed by atoms with E-state index >= 15 is 0 Å². The largest absolute Gasteiger partial charge is 0.310 e. The van der Waals surface area contributed by atoms with E-state index in [2.05, 4.69) is 274 Å². The van der Waals surface area contributed by atoms with Crippen LogP contribution in [0.15, 0.2) is 261 Å². The molecule has 0 spiro atoms. The number of benzene rings is 11. The van der Waals surface area contributed by atoms with Crippen LogP contribution in [0.4, 0.5) is 17.1 Å². The van der Waals surface area contributed by atoms with E-state index in [1.807, 2.05) is 0 Å². The molecule has 1 nitrogen and oxygen atoms in total. The summed E-state index contributed by atoms with van der Waals surface area (Å²) in [5.74, 6) is 0. The Bertz CT molecular complexity index is 4130. The van der Waals surface area contributed by atoms with Crippen LogP contribution in [0.1, 0.15) is 48.6 Å². The predicted octanol–water partition coefficient (Wildman–Crippen LogP) is 19.2. The number of hydrogen-bond donors (Lipinski definition) is 0. The van der Waals surface area contributed by atoms with Gasteiger partial charge < -0.3 is 4.90 Å². The lowest BCUT2D eigenvalue weighted by Gasteiger charge is -2.35. The van der Waals surface area contributed by atoms with E-state index in [4.69, 9.17) is 0 Å². The topological polar surface area (TPSA) is 3.24 Å². The van der Waals surface area contributed by atoms with Gasteiger partial charge in [0.25, 0.3) is 0 Å². The number of fused-ring (bicyclic) bond motifs is 9. The minimum atomic E-state index is -0.631. The highest BCUT2D eigenvalue weighted by Gasteiger charge is 2.47. The molecule has 1 atom stereocenters. The molecule has 1 heterocycles.